The number of ether oxygens (including phenoxy) is 1. The summed E-state index contributed by atoms with van der Waals surface area (Å²) in [6, 6.07) is 7.58. The molecule has 0 amide bonds. The summed E-state index contributed by atoms with van der Waals surface area (Å²) >= 11 is 0. The minimum absolute atomic E-state index is 0.154. The Morgan fingerprint density at radius 3 is 2.39 bits per heavy atom. The molecule has 0 aliphatic rings. The summed E-state index contributed by atoms with van der Waals surface area (Å²) in [5, 5.41) is 4.00. The van der Waals surface area contributed by atoms with Crippen molar-refractivity contribution in [1.29, 1.82) is 0 Å². The Morgan fingerprint density at radius 2 is 1.83 bits per heavy atom. The summed E-state index contributed by atoms with van der Waals surface area (Å²) in [6.45, 7) is 6.45. The number of hydrogen-bond donors (Lipinski definition) is 0. The fourth-order valence-electron chi connectivity index (χ4n) is 1.65. The molecule has 0 spiro atoms. The lowest BCUT2D eigenvalue weighted by Crippen LogP contribution is -2.10. The van der Waals surface area contributed by atoms with Gasteiger partial charge in [0.25, 0.3) is 5.89 Å². The van der Waals surface area contributed by atoms with E-state index in [2.05, 4.69) is 30.9 Å². The smallest absolute Gasteiger partial charge is 0.257 e. The molecule has 0 aliphatic heterocycles. The molecule has 0 aliphatic carbocycles. The fraction of sp³-hybridized carbons (Fsp3) is 0.429. The summed E-state index contributed by atoms with van der Waals surface area (Å²) in [7, 11) is 1.64. The van der Waals surface area contributed by atoms with Crippen LogP contribution in [0, 0.1) is 5.41 Å². The molecule has 4 nitrogen and oxygen atoms in total. The maximum atomic E-state index is 5.27. The number of hydrogen-bond acceptors (Lipinski definition) is 4. The fourth-order valence-corrected chi connectivity index (χ4v) is 1.65. The third kappa shape index (κ3) is 3.09. The summed E-state index contributed by atoms with van der Waals surface area (Å²) in [6.07, 6.45) is 0.798. The Balaban J connectivity index is 2.18. The predicted molar refractivity (Wildman–Crippen MR) is 69.4 cm³/mol. The first-order valence-corrected chi connectivity index (χ1v) is 5.95. The van der Waals surface area contributed by atoms with Gasteiger partial charge in [0.2, 0.25) is 0 Å². The monoisotopic (exact) mass is 246 g/mol. The van der Waals surface area contributed by atoms with Crippen LogP contribution in [0.2, 0.25) is 0 Å². The van der Waals surface area contributed by atoms with Crippen LogP contribution in [0.1, 0.15) is 26.6 Å². The topological polar surface area (TPSA) is 48.2 Å². The molecule has 0 bridgehead atoms. The molecule has 18 heavy (non-hydrogen) atoms. The second-order valence-electron chi connectivity index (χ2n) is 5.48. The minimum Gasteiger partial charge on any atom is -0.497 e. The zero-order valence-electron chi connectivity index (χ0n) is 11.2. The van der Waals surface area contributed by atoms with Crippen molar-refractivity contribution in [3.8, 4) is 17.2 Å². The van der Waals surface area contributed by atoms with Crippen molar-refractivity contribution in [2.75, 3.05) is 7.11 Å². The van der Waals surface area contributed by atoms with E-state index in [1.807, 2.05) is 24.3 Å². The van der Waals surface area contributed by atoms with Crippen LogP contribution >= 0.6 is 0 Å². The average Bonchev–Trinajstić information content (AvgIpc) is 2.75. The third-order valence-corrected chi connectivity index (χ3v) is 2.49. The van der Waals surface area contributed by atoms with Gasteiger partial charge < -0.3 is 9.26 Å². The van der Waals surface area contributed by atoms with E-state index < -0.39 is 0 Å². The van der Waals surface area contributed by atoms with Crippen LogP contribution in [0.25, 0.3) is 11.5 Å². The summed E-state index contributed by atoms with van der Waals surface area (Å²) < 4.78 is 10.4. The Morgan fingerprint density at radius 1 is 1.17 bits per heavy atom. The van der Waals surface area contributed by atoms with E-state index in [-0.39, 0.29) is 5.41 Å². The molecular formula is C14H18N2O2. The second-order valence-corrected chi connectivity index (χ2v) is 5.48. The molecule has 0 fully saturated rings. The Kier molecular flexibility index (Phi) is 3.36. The van der Waals surface area contributed by atoms with E-state index in [1.54, 1.807) is 7.11 Å². The predicted octanol–water partition coefficient (Wildman–Crippen LogP) is 3.33. The first-order chi connectivity index (χ1) is 8.48. The van der Waals surface area contributed by atoms with Crippen LogP contribution in [0.5, 0.6) is 5.75 Å². The lowest BCUT2D eigenvalue weighted by atomic mass is 9.92. The highest BCUT2D eigenvalue weighted by Crippen LogP contribution is 2.23. The summed E-state index contributed by atoms with van der Waals surface area (Å²) in [5.74, 6) is 2.11. The normalized spacial score (nSPS) is 11.6. The lowest BCUT2D eigenvalue weighted by molar-refractivity contribution is 0.374. The van der Waals surface area contributed by atoms with Crippen molar-refractivity contribution in [3.63, 3.8) is 0 Å². The number of nitrogens with zero attached hydrogens (tertiary/aromatic N) is 2. The first kappa shape index (κ1) is 12.6. The molecule has 96 valence electrons. The largest absolute Gasteiger partial charge is 0.497 e. The maximum Gasteiger partial charge on any atom is 0.257 e. The van der Waals surface area contributed by atoms with Crippen LogP contribution < -0.4 is 4.74 Å². The van der Waals surface area contributed by atoms with E-state index in [0.29, 0.717) is 5.89 Å². The van der Waals surface area contributed by atoms with Gasteiger partial charge in [0.1, 0.15) is 5.75 Å². The van der Waals surface area contributed by atoms with Gasteiger partial charge in [-0.25, -0.2) is 0 Å². The van der Waals surface area contributed by atoms with Gasteiger partial charge in [-0.3, -0.25) is 0 Å². The highest BCUT2D eigenvalue weighted by Gasteiger charge is 2.16. The van der Waals surface area contributed by atoms with E-state index in [1.165, 1.54) is 0 Å². The van der Waals surface area contributed by atoms with Gasteiger partial charge in [-0.1, -0.05) is 25.9 Å². The summed E-state index contributed by atoms with van der Waals surface area (Å²) in [4.78, 5) is 4.40. The van der Waals surface area contributed by atoms with Crippen molar-refractivity contribution in [2.24, 2.45) is 5.41 Å². The van der Waals surface area contributed by atoms with Crippen LogP contribution in [-0.4, -0.2) is 17.3 Å². The Hall–Kier alpha value is -1.84. The molecule has 0 saturated carbocycles. The van der Waals surface area contributed by atoms with Crippen molar-refractivity contribution in [2.45, 2.75) is 27.2 Å². The van der Waals surface area contributed by atoms with Crippen molar-refractivity contribution >= 4 is 0 Å². The van der Waals surface area contributed by atoms with Gasteiger partial charge in [0.15, 0.2) is 5.82 Å². The van der Waals surface area contributed by atoms with E-state index in [9.17, 15) is 0 Å². The molecule has 1 aromatic carbocycles. The van der Waals surface area contributed by atoms with Crippen molar-refractivity contribution in [3.05, 3.63) is 30.1 Å². The number of rotatable bonds is 3. The molecule has 2 rings (SSSR count). The number of benzene rings is 1. The molecule has 1 heterocycles. The van der Waals surface area contributed by atoms with Gasteiger partial charge in [-0.15, -0.1) is 0 Å². The van der Waals surface area contributed by atoms with Gasteiger partial charge in [0.05, 0.1) is 7.11 Å². The summed E-state index contributed by atoms with van der Waals surface area (Å²) in [5.41, 5.74) is 1.06. The third-order valence-electron chi connectivity index (χ3n) is 2.49. The molecule has 0 radical (unpaired) electrons. The van der Waals surface area contributed by atoms with Crippen molar-refractivity contribution in [1.82, 2.24) is 10.1 Å². The minimum atomic E-state index is 0.154. The van der Waals surface area contributed by atoms with Gasteiger partial charge in [0, 0.05) is 12.0 Å². The number of methoxy groups -OCH3 is 1. The van der Waals surface area contributed by atoms with Crippen LogP contribution in [-0.2, 0) is 6.42 Å². The molecule has 4 heteroatoms. The highest BCUT2D eigenvalue weighted by atomic mass is 16.5. The van der Waals surface area contributed by atoms with E-state index in [4.69, 9.17) is 9.26 Å². The average molecular weight is 246 g/mol. The van der Waals surface area contributed by atoms with Gasteiger partial charge >= 0.3 is 0 Å². The zero-order valence-corrected chi connectivity index (χ0v) is 11.2. The Bertz CT molecular complexity index is 509. The van der Waals surface area contributed by atoms with Crippen LogP contribution in [0.4, 0.5) is 0 Å². The van der Waals surface area contributed by atoms with E-state index in [0.717, 1.165) is 23.6 Å². The molecule has 0 atom stereocenters. The van der Waals surface area contributed by atoms with Crippen LogP contribution in [0.3, 0.4) is 0 Å². The van der Waals surface area contributed by atoms with E-state index >= 15 is 0 Å². The molecule has 0 unspecified atom stereocenters. The zero-order chi connectivity index (χ0) is 13.2. The van der Waals surface area contributed by atoms with Gasteiger partial charge in [-0.05, 0) is 29.7 Å². The maximum absolute atomic E-state index is 5.27. The molecule has 1 aromatic heterocycles. The molecule has 0 N–H and O–H groups in total. The van der Waals surface area contributed by atoms with Gasteiger partial charge in [-0.2, -0.15) is 4.98 Å². The highest BCUT2D eigenvalue weighted by molar-refractivity contribution is 5.54. The second kappa shape index (κ2) is 4.80. The Labute approximate surface area is 107 Å². The SMILES string of the molecule is COc1ccc(-c2nc(CC(C)(C)C)no2)cc1. The van der Waals surface area contributed by atoms with Crippen LogP contribution in [0.15, 0.2) is 28.8 Å². The van der Waals surface area contributed by atoms with Crippen molar-refractivity contribution < 1.29 is 9.26 Å². The lowest BCUT2D eigenvalue weighted by Gasteiger charge is -2.14. The first-order valence-electron chi connectivity index (χ1n) is 5.95. The quantitative estimate of drug-likeness (QED) is 0.833. The molecule has 0 saturated heterocycles. The number of aromatic nitrogens is 2. The standard InChI is InChI=1S/C14H18N2O2/c1-14(2,3)9-12-15-13(18-16-12)10-5-7-11(17-4)8-6-10/h5-8H,9H2,1-4H3. The molecular weight excluding hydrogens is 228 g/mol. The molecule has 2 aromatic rings.